The number of carbonyl (C=O) groups excluding carboxylic acids is 2. The third-order valence-electron chi connectivity index (χ3n) is 8.43. The first-order chi connectivity index (χ1) is 19.9. The summed E-state index contributed by atoms with van der Waals surface area (Å²) in [5.74, 6) is -0.393. The van der Waals surface area contributed by atoms with E-state index in [0.717, 1.165) is 48.1 Å². The van der Waals surface area contributed by atoms with E-state index in [4.69, 9.17) is 55.9 Å². The SMILES string of the molecule is CC1=C(c2c(C)cc(Cl)cc2Cl)C(=O)NC12CCCOC2.Cc1cc(Cl)cc(Cl)c1C1=C(O)C2(CCCOC2)NC1=O.[Na+].[OH-]. The zero-order valence-corrected chi connectivity index (χ0v) is 30.0. The summed E-state index contributed by atoms with van der Waals surface area (Å²) < 4.78 is 11.0. The van der Waals surface area contributed by atoms with E-state index < -0.39 is 5.54 Å². The van der Waals surface area contributed by atoms with Crippen molar-refractivity contribution in [3.63, 3.8) is 0 Å². The Kier molecular flexibility index (Phi) is 12.4. The van der Waals surface area contributed by atoms with Gasteiger partial charge in [0.1, 0.15) is 11.3 Å². The van der Waals surface area contributed by atoms with E-state index >= 15 is 0 Å². The number of ether oxygens (including phenoxy) is 2. The predicted octanol–water partition coefficient (Wildman–Crippen LogP) is 3.83. The van der Waals surface area contributed by atoms with Crippen LogP contribution in [0.25, 0.3) is 11.1 Å². The van der Waals surface area contributed by atoms with Gasteiger partial charge in [0, 0.05) is 40.0 Å². The maximum absolute atomic E-state index is 12.5. The van der Waals surface area contributed by atoms with Gasteiger partial charge in [0.25, 0.3) is 11.8 Å². The Morgan fingerprint density at radius 1 is 0.727 bits per heavy atom. The molecule has 4 aliphatic rings. The van der Waals surface area contributed by atoms with Crippen molar-refractivity contribution in [1.82, 2.24) is 10.6 Å². The molecule has 4 heterocycles. The predicted molar refractivity (Wildman–Crippen MR) is 168 cm³/mol. The van der Waals surface area contributed by atoms with Gasteiger partial charge in [0.05, 0.1) is 34.4 Å². The molecule has 2 unspecified atom stereocenters. The Labute approximate surface area is 299 Å². The number of aliphatic hydroxyl groups excluding tert-OH is 1. The number of rotatable bonds is 2. The van der Waals surface area contributed by atoms with Crippen LogP contribution in [0.4, 0.5) is 0 Å². The number of nitrogens with one attached hydrogen (secondary N) is 2. The quantitative estimate of drug-likeness (QED) is 0.411. The molecule has 2 aromatic carbocycles. The summed E-state index contributed by atoms with van der Waals surface area (Å²) in [5, 5.41) is 18.5. The molecule has 2 amide bonds. The molecule has 2 atom stereocenters. The average molecular weight is 694 g/mol. The second-order valence-electron chi connectivity index (χ2n) is 11.3. The van der Waals surface area contributed by atoms with Gasteiger partial charge in [-0.3, -0.25) is 9.59 Å². The number of benzene rings is 2. The Morgan fingerprint density at radius 3 is 1.61 bits per heavy atom. The van der Waals surface area contributed by atoms with E-state index in [0.29, 0.717) is 50.9 Å². The third-order valence-corrected chi connectivity index (χ3v) is 9.46. The molecule has 2 fully saturated rings. The van der Waals surface area contributed by atoms with Crippen molar-refractivity contribution in [2.75, 3.05) is 26.4 Å². The zero-order valence-electron chi connectivity index (χ0n) is 25.0. The van der Waals surface area contributed by atoms with Gasteiger partial charge in [-0.1, -0.05) is 46.4 Å². The van der Waals surface area contributed by atoms with Crippen LogP contribution in [-0.2, 0) is 19.1 Å². The Hall–Kier alpha value is -1.30. The van der Waals surface area contributed by atoms with Crippen molar-refractivity contribution in [3.05, 3.63) is 77.9 Å². The molecule has 13 heteroatoms. The first-order valence-electron chi connectivity index (χ1n) is 13.8. The van der Waals surface area contributed by atoms with Crippen LogP contribution < -0.4 is 40.2 Å². The number of aliphatic hydroxyl groups is 1. The summed E-state index contributed by atoms with van der Waals surface area (Å²) in [6.07, 6.45) is 3.28. The second-order valence-corrected chi connectivity index (χ2v) is 13.0. The fourth-order valence-corrected chi connectivity index (χ4v) is 7.69. The van der Waals surface area contributed by atoms with Gasteiger partial charge in [-0.25, -0.2) is 0 Å². The Morgan fingerprint density at radius 2 is 1.16 bits per heavy atom. The number of carbonyl (C=O) groups is 2. The van der Waals surface area contributed by atoms with E-state index in [1.54, 1.807) is 18.2 Å². The van der Waals surface area contributed by atoms with Crippen molar-refractivity contribution < 1.29 is 59.2 Å². The van der Waals surface area contributed by atoms with Gasteiger partial charge in [0.15, 0.2) is 0 Å². The maximum atomic E-state index is 12.5. The van der Waals surface area contributed by atoms with Gasteiger partial charge in [-0.15, -0.1) is 0 Å². The summed E-state index contributed by atoms with van der Waals surface area (Å²) in [5.41, 5.74) is 3.67. The molecule has 4 aliphatic heterocycles. The average Bonchev–Trinajstić information content (AvgIpc) is 3.28. The van der Waals surface area contributed by atoms with Gasteiger partial charge in [-0.05, 0) is 87.4 Å². The van der Waals surface area contributed by atoms with Crippen molar-refractivity contribution in [3.8, 4) is 0 Å². The van der Waals surface area contributed by atoms with E-state index in [2.05, 4.69) is 10.6 Å². The van der Waals surface area contributed by atoms with Crippen LogP contribution >= 0.6 is 46.4 Å². The molecule has 2 aromatic rings. The maximum Gasteiger partial charge on any atom is 1.00 e. The second kappa shape index (κ2) is 14.6. The molecule has 2 spiro atoms. The van der Waals surface area contributed by atoms with E-state index in [1.807, 2.05) is 26.8 Å². The fourth-order valence-electron chi connectivity index (χ4n) is 6.31. The van der Waals surface area contributed by atoms with E-state index in [9.17, 15) is 14.7 Å². The normalized spacial score (nSPS) is 24.4. The molecule has 0 bridgehead atoms. The monoisotopic (exact) mass is 692 g/mol. The number of amides is 2. The van der Waals surface area contributed by atoms with Crippen LogP contribution in [0.3, 0.4) is 0 Å². The Balaban J connectivity index is 0.000000230. The van der Waals surface area contributed by atoms with Crippen molar-refractivity contribution >= 4 is 69.4 Å². The fraction of sp³-hybridized carbons (Fsp3) is 0.419. The molecule has 232 valence electrons. The zero-order chi connectivity index (χ0) is 30.4. The van der Waals surface area contributed by atoms with Crippen LogP contribution in [0.5, 0.6) is 0 Å². The molecule has 6 rings (SSSR count). The number of hydrogen-bond donors (Lipinski definition) is 3. The number of hydrogen-bond acceptors (Lipinski definition) is 6. The van der Waals surface area contributed by atoms with Gasteiger partial charge >= 0.3 is 29.6 Å². The first kappa shape index (κ1) is 37.2. The summed E-state index contributed by atoms with van der Waals surface area (Å²) in [7, 11) is 0. The summed E-state index contributed by atoms with van der Waals surface area (Å²) >= 11 is 24.6. The molecule has 2 saturated heterocycles. The smallest absolute Gasteiger partial charge is 0.870 e. The van der Waals surface area contributed by atoms with Gasteiger partial charge in [0.2, 0.25) is 0 Å². The van der Waals surface area contributed by atoms with Crippen molar-refractivity contribution in [2.24, 2.45) is 0 Å². The van der Waals surface area contributed by atoms with Crippen molar-refractivity contribution in [1.29, 1.82) is 0 Å². The molecule has 8 nitrogen and oxygen atoms in total. The van der Waals surface area contributed by atoms with Crippen LogP contribution in [0.2, 0.25) is 20.1 Å². The van der Waals surface area contributed by atoms with Crippen LogP contribution in [0.1, 0.15) is 54.9 Å². The molecule has 0 saturated carbocycles. The summed E-state index contributed by atoms with van der Waals surface area (Å²) in [6, 6.07) is 6.81. The first-order valence-corrected chi connectivity index (χ1v) is 15.3. The van der Waals surface area contributed by atoms with E-state index in [-0.39, 0.29) is 70.3 Å². The minimum Gasteiger partial charge on any atom is -0.870 e. The third kappa shape index (κ3) is 6.86. The summed E-state index contributed by atoms with van der Waals surface area (Å²) in [6.45, 7) is 7.91. The van der Waals surface area contributed by atoms with Gasteiger partial charge in [-0.2, -0.15) is 0 Å². The minimum atomic E-state index is -0.819. The molecule has 0 aromatic heterocycles. The number of halogens is 4. The molecule has 0 radical (unpaired) electrons. The largest absolute Gasteiger partial charge is 1.00 e. The number of aryl methyl sites for hydroxylation is 2. The van der Waals surface area contributed by atoms with Crippen molar-refractivity contribution in [2.45, 2.75) is 57.5 Å². The van der Waals surface area contributed by atoms with Crippen LogP contribution in [0, 0.1) is 13.8 Å². The minimum absolute atomic E-state index is 0. The summed E-state index contributed by atoms with van der Waals surface area (Å²) in [4.78, 5) is 24.9. The standard InChI is InChI=1S/C16H17Cl2NO2.C15H15Cl2NO3.Na.H2O/c1-9-6-11(17)7-12(18)13(9)14-10(2)16(19-15(14)20)4-3-5-21-8-16;1-8-5-9(16)6-10(17)11(8)12-13(19)15(18-14(12)20)3-2-4-21-7-15;;/h6-7H,3-5,8H2,1-2H3,(H,19,20);5-6,19H,2-4,7H2,1H3,(H,18,20);;1H2/q;;+1;/p-1. The molecular weight excluding hydrogens is 661 g/mol. The Bertz CT molecular complexity index is 1370. The van der Waals surface area contributed by atoms with Crippen LogP contribution in [0.15, 0.2) is 35.6 Å². The topological polar surface area (TPSA) is 127 Å². The molecule has 0 aliphatic carbocycles. The van der Waals surface area contributed by atoms with E-state index in [1.165, 1.54) is 0 Å². The molecule has 44 heavy (non-hydrogen) atoms. The van der Waals surface area contributed by atoms with Crippen LogP contribution in [-0.4, -0.2) is 59.9 Å². The molecule has 4 N–H and O–H groups in total. The molecular formula is C31H33Cl4N2NaO6. The van der Waals surface area contributed by atoms with Gasteiger partial charge < -0.3 is 30.7 Å².